The Hall–Kier alpha value is -2.33. The third-order valence-corrected chi connectivity index (χ3v) is 3.18. The molecule has 3 aromatic rings. The van der Waals surface area contributed by atoms with Gasteiger partial charge in [0.1, 0.15) is 17.3 Å². The highest BCUT2D eigenvalue weighted by molar-refractivity contribution is 6.34. The molecule has 0 saturated heterocycles. The van der Waals surface area contributed by atoms with E-state index in [1.165, 1.54) is 18.2 Å². The quantitative estimate of drug-likeness (QED) is 0.738. The minimum absolute atomic E-state index is 0.0396. The van der Waals surface area contributed by atoms with E-state index >= 15 is 0 Å². The second-order valence-electron chi connectivity index (χ2n) is 4.29. The van der Waals surface area contributed by atoms with Gasteiger partial charge in [0.25, 0.3) is 0 Å². The van der Waals surface area contributed by atoms with Crippen LogP contribution < -0.4 is 5.43 Å². The van der Waals surface area contributed by atoms with E-state index < -0.39 is 5.82 Å². The number of phenols is 1. The van der Waals surface area contributed by atoms with Crippen LogP contribution in [0.5, 0.6) is 5.75 Å². The molecule has 0 unspecified atom stereocenters. The molecule has 3 rings (SSSR count). The lowest BCUT2D eigenvalue weighted by Gasteiger charge is -2.05. The van der Waals surface area contributed by atoms with Gasteiger partial charge in [0.15, 0.2) is 11.0 Å². The Labute approximate surface area is 117 Å². The van der Waals surface area contributed by atoms with Crippen molar-refractivity contribution in [2.75, 3.05) is 0 Å². The van der Waals surface area contributed by atoms with E-state index in [4.69, 9.17) is 16.0 Å². The fraction of sp³-hybridized carbons (Fsp3) is 0. The molecule has 5 heteroatoms. The standard InChI is InChI=1S/C15H8ClFO3/c16-12-6-9(17)5-11-13(19)7-14(20-15(11)12)8-1-3-10(18)4-2-8/h1-7,18H. The average Bonchev–Trinajstić information content (AvgIpc) is 2.40. The first-order chi connectivity index (χ1) is 9.54. The highest BCUT2D eigenvalue weighted by Gasteiger charge is 2.11. The Morgan fingerprint density at radius 3 is 2.50 bits per heavy atom. The summed E-state index contributed by atoms with van der Waals surface area (Å²) >= 11 is 5.91. The number of halogens is 2. The van der Waals surface area contributed by atoms with Crippen molar-refractivity contribution < 1.29 is 13.9 Å². The predicted octanol–water partition coefficient (Wildman–Crippen LogP) is 3.96. The molecule has 2 aromatic carbocycles. The van der Waals surface area contributed by atoms with Crippen molar-refractivity contribution in [3.05, 3.63) is 63.5 Å². The summed E-state index contributed by atoms with van der Waals surface area (Å²) in [5, 5.41) is 9.38. The van der Waals surface area contributed by atoms with Crippen LogP contribution in [0.25, 0.3) is 22.3 Å². The average molecular weight is 291 g/mol. The molecule has 1 heterocycles. The fourth-order valence-corrected chi connectivity index (χ4v) is 2.20. The summed E-state index contributed by atoms with van der Waals surface area (Å²) in [5.74, 6) is -0.180. The summed E-state index contributed by atoms with van der Waals surface area (Å²) in [5.41, 5.74) is 0.376. The highest BCUT2D eigenvalue weighted by Crippen LogP contribution is 2.28. The van der Waals surface area contributed by atoms with Gasteiger partial charge < -0.3 is 9.52 Å². The lowest BCUT2D eigenvalue weighted by molar-refractivity contribution is 0.475. The lowest BCUT2D eigenvalue weighted by atomic mass is 10.1. The molecule has 1 N–H and O–H groups in total. The molecule has 0 aliphatic carbocycles. The topological polar surface area (TPSA) is 50.4 Å². The highest BCUT2D eigenvalue weighted by atomic mass is 35.5. The monoisotopic (exact) mass is 290 g/mol. The summed E-state index contributed by atoms with van der Waals surface area (Å²) in [4.78, 5) is 12.0. The SMILES string of the molecule is O=c1cc(-c2ccc(O)cc2)oc2c(Cl)cc(F)cc12. The van der Waals surface area contributed by atoms with Gasteiger partial charge in [-0.3, -0.25) is 4.79 Å². The van der Waals surface area contributed by atoms with Crippen LogP contribution in [0.1, 0.15) is 0 Å². The molecule has 0 aliphatic rings. The van der Waals surface area contributed by atoms with Gasteiger partial charge in [-0.25, -0.2) is 4.39 Å². The first-order valence-corrected chi connectivity index (χ1v) is 6.15. The Kier molecular flexibility index (Phi) is 2.95. The van der Waals surface area contributed by atoms with Gasteiger partial charge in [0, 0.05) is 11.6 Å². The number of hydrogen-bond donors (Lipinski definition) is 1. The van der Waals surface area contributed by atoms with E-state index in [-0.39, 0.29) is 27.2 Å². The van der Waals surface area contributed by atoms with Crippen LogP contribution in [0.4, 0.5) is 4.39 Å². The van der Waals surface area contributed by atoms with Crippen LogP contribution in [0.2, 0.25) is 5.02 Å². The van der Waals surface area contributed by atoms with Crippen molar-refractivity contribution >= 4 is 22.6 Å². The van der Waals surface area contributed by atoms with E-state index in [1.807, 2.05) is 0 Å². The van der Waals surface area contributed by atoms with E-state index in [2.05, 4.69) is 0 Å². The number of aromatic hydroxyl groups is 1. The normalized spacial score (nSPS) is 10.9. The van der Waals surface area contributed by atoms with Gasteiger partial charge in [0.2, 0.25) is 0 Å². The number of benzene rings is 2. The van der Waals surface area contributed by atoms with Crippen LogP contribution in [-0.2, 0) is 0 Å². The van der Waals surface area contributed by atoms with Crippen molar-refractivity contribution in [2.45, 2.75) is 0 Å². The van der Waals surface area contributed by atoms with Crippen LogP contribution in [0, 0.1) is 5.82 Å². The predicted molar refractivity (Wildman–Crippen MR) is 74.6 cm³/mol. The number of phenolic OH excluding ortho intramolecular Hbond substituents is 1. The molecule has 0 amide bonds. The van der Waals surface area contributed by atoms with E-state index in [0.29, 0.717) is 11.3 Å². The van der Waals surface area contributed by atoms with Crippen molar-refractivity contribution in [3.63, 3.8) is 0 Å². The van der Waals surface area contributed by atoms with Gasteiger partial charge in [0.05, 0.1) is 10.4 Å². The molecular weight excluding hydrogens is 283 g/mol. The summed E-state index contributed by atoms with van der Waals surface area (Å²) in [6.07, 6.45) is 0. The van der Waals surface area contributed by atoms with Crippen molar-refractivity contribution in [3.8, 4) is 17.1 Å². The first kappa shape index (κ1) is 12.7. The van der Waals surface area contributed by atoms with Crippen LogP contribution >= 0.6 is 11.6 Å². The molecule has 0 spiro atoms. The summed E-state index contributed by atoms with van der Waals surface area (Å²) in [6, 6.07) is 9.62. The maximum atomic E-state index is 13.3. The van der Waals surface area contributed by atoms with Gasteiger partial charge in [-0.15, -0.1) is 0 Å². The van der Waals surface area contributed by atoms with E-state index in [0.717, 1.165) is 12.1 Å². The Bertz CT molecular complexity index is 853. The number of hydrogen-bond acceptors (Lipinski definition) is 3. The molecule has 0 aliphatic heterocycles. The fourth-order valence-electron chi connectivity index (χ4n) is 1.95. The molecule has 0 bridgehead atoms. The maximum absolute atomic E-state index is 13.3. The number of fused-ring (bicyclic) bond motifs is 1. The zero-order valence-corrected chi connectivity index (χ0v) is 10.8. The second kappa shape index (κ2) is 4.65. The minimum atomic E-state index is -0.591. The van der Waals surface area contributed by atoms with Gasteiger partial charge in [-0.2, -0.15) is 0 Å². The first-order valence-electron chi connectivity index (χ1n) is 5.77. The molecule has 0 radical (unpaired) electrons. The van der Waals surface area contributed by atoms with Crippen LogP contribution in [-0.4, -0.2) is 5.11 Å². The van der Waals surface area contributed by atoms with Gasteiger partial charge in [-0.1, -0.05) is 11.6 Å². The van der Waals surface area contributed by atoms with Crippen molar-refractivity contribution in [2.24, 2.45) is 0 Å². The zero-order chi connectivity index (χ0) is 14.3. The number of rotatable bonds is 1. The van der Waals surface area contributed by atoms with Crippen LogP contribution in [0.3, 0.4) is 0 Å². The smallest absolute Gasteiger partial charge is 0.193 e. The third-order valence-electron chi connectivity index (χ3n) is 2.90. The maximum Gasteiger partial charge on any atom is 0.193 e. The van der Waals surface area contributed by atoms with Crippen molar-refractivity contribution in [1.82, 2.24) is 0 Å². The minimum Gasteiger partial charge on any atom is -0.508 e. The Morgan fingerprint density at radius 2 is 1.80 bits per heavy atom. The molecule has 3 nitrogen and oxygen atoms in total. The largest absolute Gasteiger partial charge is 0.508 e. The third kappa shape index (κ3) is 2.14. The summed E-state index contributed by atoms with van der Waals surface area (Å²) < 4.78 is 18.8. The van der Waals surface area contributed by atoms with Gasteiger partial charge in [-0.05, 0) is 36.4 Å². The lowest BCUT2D eigenvalue weighted by Crippen LogP contribution is -2.01. The zero-order valence-electron chi connectivity index (χ0n) is 10.1. The molecule has 0 fully saturated rings. The molecule has 20 heavy (non-hydrogen) atoms. The molecule has 100 valence electrons. The second-order valence-corrected chi connectivity index (χ2v) is 4.69. The molecule has 0 atom stereocenters. The van der Waals surface area contributed by atoms with E-state index in [1.54, 1.807) is 12.1 Å². The van der Waals surface area contributed by atoms with Gasteiger partial charge >= 0.3 is 0 Å². The molecule has 1 aromatic heterocycles. The van der Waals surface area contributed by atoms with E-state index in [9.17, 15) is 14.3 Å². The Balaban J connectivity index is 2.29. The van der Waals surface area contributed by atoms with Crippen LogP contribution in [0.15, 0.2) is 51.7 Å². The Morgan fingerprint density at radius 1 is 1.10 bits per heavy atom. The molecule has 0 saturated carbocycles. The van der Waals surface area contributed by atoms with Crippen molar-refractivity contribution in [1.29, 1.82) is 0 Å². The summed E-state index contributed by atoms with van der Waals surface area (Å²) in [7, 11) is 0. The molecular formula is C15H8ClFO3. The summed E-state index contributed by atoms with van der Waals surface area (Å²) in [6.45, 7) is 0.